The molecular weight excluding hydrogens is 235 g/mol. The van der Waals surface area contributed by atoms with Gasteiger partial charge in [-0.05, 0) is 25.1 Å². The summed E-state index contributed by atoms with van der Waals surface area (Å²) in [5.41, 5.74) is 0.301. The molecule has 5 heteroatoms. The molecule has 1 N–H and O–H groups in total. The standard InChI is InChI=1S/C13H19FN2O2/c1-2-16(7-3-9-17)8-6-13(18)12-5-4-11(14)10-15-12/h4-5,10,17H,2-3,6-9H2,1H3. The van der Waals surface area contributed by atoms with Crippen molar-refractivity contribution in [2.24, 2.45) is 0 Å². The van der Waals surface area contributed by atoms with E-state index in [1.165, 1.54) is 12.1 Å². The SMILES string of the molecule is CCN(CCCO)CCC(=O)c1ccc(F)cn1. The largest absolute Gasteiger partial charge is 0.396 e. The molecule has 0 bridgehead atoms. The van der Waals surface area contributed by atoms with Crippen molar-refractivity contribution >= 4 is 5.78 Å². The van der Waals surface area contributed by atoms with Crippen LogP contribution in [0, 0.1) is 5.82 Å². The molecule has 0 amide bonds. The smallest absolute Gasteiger partial charge is 0.182 e. The van der Waals surface area contributed by atoms with Crippen molar-refractivity contribution in [2.45, 2.75) is 19.8 Å². The highest BCUT2D eigenvalue weighted by Crippen LogP contribution is 2.03. The molecule has 1 heterocycles. The maximum absolute atomic E-state index is 12.7. The van der Waals surface area contributed by atoms with Gasteiger partial charge in [-0.1, -0.05) is 6.92 Å². The van der Waals surface area contributed by atoms with Crippen molar-refractivity contribution in [1.82, 2.24) is 9.88 Å². The zero-order chi connectivity index (χ0) is 13.4. The average molecular weight is 254 g/mol. The van der Waals surface area contributed by atoms with Gasteiger partial charge in [0.2, 0.25) is 0 Å². The Labute approximate surface area is 106 Å². The molecule has 1 rings (SSSR count). The Kier molecular flexibility index (Phi) is 6.46. The Balaban J connectivity index is 2.42. The van der Waals surface area contributed by atoms with Gasteiger partial charge < -0.3 is 10.0 Å². The third-order valence-corrected chi connectivity index (χ3v) is 2.75. The molecular formula is C13H19FN2O2. The predicted octanol–water partition coefficient (Wildman–Crippen LogP) is 1.50. The van der Waals surface area contributed by atoms with E-state index >= 15 is 0 Å². The van der Waals surface area contributed by atoms with Crippen LogP contribution >= 0.6 is 0 Å². The lowest BCUT2D eigenvalue weighted by Gasteiger charge is -2.19. The van der Waals surface area contributed by atoms with E-state index < -0.39 is 5.82 Å². The van der Waals surface area contributed by atoms with Gasteiger partial charge in [-0.2, -0.15) is 0 Å². The Morgan fingerprint density at radius 3 is 2.78 bits per heavy atom. The maximum Gasteiger partial charge on any atom is 0.182 e. The number of Topliss-reactive ketones (excluding diaryl/α,β-unsaturated/α-hetero) is 1. The number of aliphatic hydroxyl groups excluding tert-OH is 1. The van der Waals surface area contributed by atoms with Crippen LogP contribution in [0.1, 0.15) is 30.3 Å². The predicted molar refractivity (Wildman–Crippen MR) is 67.0 cm³/mol. The number of ketones is 1. The summed E-state index contributed by atoms with van der Waals surface area (Å²) in [6.07, 6.45) is 2.12. The van der Waals surface area contributed by atoms with Crippen molar-refractivity contribution in [2.75, 3.05) is 26.2 Å². The molecule has 0 saturated heterocycles. The minimum Gasteiger partial charge on any atom is -0.396 e. The second-order valence-electron chi connectivity index (χ2n) is 4.05. The third-order valence-electron chi connectivity index (χ3n) is 2.75. The van der Waals surface area contributed by atoms with Gasteiger partial charge in [-0.25, -0.2) is 4.39 Å². The molecule has 0 atom stereocenters. The molecule has 100 valence electrons. The average Bonchev–Trinajstić information content (AvgIpc) is 2.39. The van der Waals surface area contributed by atoms with Crippen LogP contribution in [0.5, 0.6) is 0 Å². The van der Waals surface area contributed by atoms with Gasteiger partial charge in [0.1, 0.15) is 11.5 Å². The zero-order valence-electron chi connectivity index (χ0n) is 10.6. The van der Waals surface area contributed by atoms with Crippen molar-refractivity contribution < 1.29 is 14.3 Å². The number of pyridine rings is 1. The quantitative estimate of drug-likeness (QED) is 0.714. The Morgan fingerprint density at radius 2 is 2.22 bits per heavy atom. The maximum atomic E-state index is 12.7. The second kappa shape index (κ2) is 7.89. The van der Waals surface area contributed by atoms with Crippen molar-refractivity contribution in [1.29, 1.82) is 0 Å². The summed E-state index contributed by atoms with van der Waals surface area (Å²) in [4.78, 5) is 17.6. The van der Waals surface area contributed by atoms with E-state index in [9.17, 15) is 9.18 Å². The van der Waals surface area contributed by atoms with Crippen LogP contribution < -0.4 is 0 Å². The molecule has 0 aliphatic heterocycles. The Morgan fingerprint density at radius 1 is 1.44 bits per heavy atom. The van der Waals surface area contributed by atoms with Gasteiger partial charge in [0.25, 0.3) is 0 Å². The molecule has 0 aromatic carbocycles. The zero-order valence-corrected chi connectivity index (χ0v) is 10.6. The van der Waals surface area contributed by atoms with E-state index in [0.29, 0.717) is 25.1 Å². The fraction of sp³-hybridized carbons (Fsp3) is 0.538. The lowest BCUT2D eigenvalue weighted by atomic mass is 10.2. The molecule has 4 nitrogen and oxygen atoms in total. The van der Waals surface area contributed by atoms with Gasteiger partial charge in [-0.3, -0.25) is 9.78 Å². The van der Waals surface area contributed by atoms with Crippen molar-refractivity contribution in [3.63, 3.8) is 0 Å². The first-order chi connectivity index (χ1) is 8.67. The summed E-state index contributed by atoms with van der Waals surface area (Å²) in [5.74, 6) is -0.526. The number of rotatable bonds is 8. The normalized spacial score (nSPS) is 10.9. The monoisotopic (exact) mass is 254 g/mol. The minimum atomic E-state index is -0.440. The van der Waals surface area contributed by atoms with E-state index in [1.54, 1.807) is 0 Å². The van der Waals surface area contributed by atoms with Gasteiger partial charge in [0, 0.05) is 26.1 Å². The Bertz CT molecular complexity index is 368. The van der Waals surface area contributed by atoms with Gasteiger partial charge >= 0.3 is 0 Å². The molecule has 0 unspecified atom stereocenters. The molecule has 1 aromatic heterocycles. The van der Waals surface area contributed by atoms with Crippen LogP contribution in [0.2, 0.25) is 0 Å². The highest BCUT2D eigenvalue weighted by Gasteiger charge is 2.10. The highest BCUT2D eigenvalue weighted by molar-refractivity contribution is 5.94. The first-order valence-corrected chi connectivity index (χ1v) is 6.15. The number of nitrogens with zero attached hydrogens (tertiary/aromatic N) is 2. The summed E-state index contributed by atoms with van der Waals surface area (Å²) < 4.78 is 12.7. The molecule has 1 aromatic rings. The van der Waals surface area contributed by atoms with Crippen LogP contribution in [-0.4, -0.2) is 47.0 Å². The van der Waals surface area contributed by atoms with E-state index in [-0.39, 0.29) is 12.4 Å². The molecule has 0 radical (unpaired) electrons. The summed E-state index contributed by atoms with van der Waals surface area (Å²) in [7, 11) is 0. The summed E-state index contributed by atoms with van der Waals surface area (Å²) in [6.45, 7) is 4.41. The van der Waals surface area contributed by atoms with Gasteiger partial charge in [0.15, 0.2) is 5.78 Å². The van der Waals surface area contributed by atoms with Crippen molar-refractivity contribution in [3.8, 4) is 0 Å². The summed E-state index contributed by atoms with van der Waals surface area (Å²) in [5, 5.41) is 8.75. The summed E-state index contributed by atoms with van der Waals surface area (Å²) in [6, 6.07) is 2.64. The molecule has 0 aliphatic rings. The third kappa shape index (κ3) is 4.89. The van der Waals surface area contributed by atoms with Crippen LogP contribution in [0.3, 0.4) is 0 Å². The molecule has 0 aliphatic carbocycles. The summed E-state index contributed by atoms with van der Waals surface area (Å²) >= 11 is 0. The first kappa shape index (κ1) is 14.7. The van der Waals surface area contributed by atoms with Gasteiger partial charge in [-0.15, -0.1) is 0 Å². The lowest BCUT2D eigenvalue weighted by Crippen LogP contribution is -2.28. The number of hydrogen-bond acceptors (Lipinski definition) is 4. The highest BCUT2D eigenvalue weighted by atomic mass is 19.1. The van der Waals surface area contributed by atoms with Crippen LogP contribution in [0.25, 0.3) is 0 Å². The van der Waals surface area contributed by atoms with E-state index in [1.807, 2.05) is 6.92 Å². The number of aromatic nitrogens is 1. The topological polar surface area (TPSA) is 53.4 Å². The number of aliphatic hydroxyl groups is 1. The molecule has 0 saturated carbocycles. The van der Waals surface area contributed by atoms with E-state index in [4.69, 9.17) is 5.11 Å². The Hall–Kier alpha value is -1.33. The molecule has 18 heavy (non-hydrogen) atoms. The van der Waals surface area contributed by atoms with Crippen LogP contribution in [0.15, 0.2) is 18.3 Å². The van der Waals surface area contributed by atoms with Crippen LogP contribution in [0.4, 0.5) is 4.39 Å². The fourth-order valence-electron chi connectivity index (χ4n) is 1.65. The van der Waals surface area contributed by atoms with E-state index in [2.05, 4.69) is 9.88 Å². The minimum absolute atomic E-state index is 0.0857. The number of halogens is 1. The first-order valence-electron chi connectivity index (χ1n) is 6.15. The number of carbonyl (C=O) groups is 1. The molecule has 0 fully saturated rings. The lowest BCUT2D eigenvalue weighted by molar-refractivity contribution is 0.0959. The van der Waals surface area contributed by atoms with Crippen LogP contribution in [-0.2, 0) is 0 Å². The van der Waals surface area contributed by atoms with Crippen molar-refractivity contribution in [3.05, 3.63) is 29.8 Å². The van der Waals surface area contributed by atoms with Gasteiger partial charge in [0.05, 0.1) is 6.20 Å². The van der Waals surface area contributed by atoms with E-state index in [0.717, 1.165) is 19.3 Å². The number of hydrogen-bond donors (Lipinski definition) is 1. The molecule has 0 spiro atoms. The fourth-order valence-corrected chi connectivity index (χ4v) is 1.65. The number of carbonyl (C=O) groups excluding carboxylic acids is 1. The second-order valence-corrected chi connectivity index (χ2v) is 4.05.